The molecule has 0 spiro atoms. The van der Waals surface area contributed by atoms with Crippen molar-refractivity contribution in [1.82, 2.24) is 24.8 Å². The maximum absolute atomic E-state index is 4.80. The summed E-state index contributed by atoms with van der Waals surface area (Å²) in [4.78, 5) is 20.5. The van der Waals surface area contributed by atoms with Crippen LogP contribution in [0.3, 0.4) is 0 Å². The maximum Gasteiger partial charge on any atom is 0.228 e. The summed E-state index contributed by atoms with van der Waals surface area (Å²) in [7, 11) is 0. The van der Waals surface area contributed by atoms with Gasteiger partial charge in [0.2, 0.25) is 5.95 Å². The Morgan fingerprint density at radius 1 is 1.03 bits per heavy atom. The molecule has 5 rings (SSSR count). The van der Waals surface area contributed by atoms with E-state index in [2.05, 4.69) is 49.4 Å². The zero-order valence-electron chi connectivity index (χ0n) is 17.0. The molecular weight excluding hydrogens is 372 g/mol. The fourth-order valence-corrected chi connectivity index (χ4v) is 4.08. The van der Waals surface area contributed by atoms with Gasteiger partial charge in [0.1, 0.15) is 5.82 Å². The summed E-state index contributed by atoms with van der Waals surface area (Å²) in [6, 6.07) is 16.9. The number of hydrogen-bond donors (Lipinski definition) is 1. The zero-order valence-corrected chi connectivity index (χ0v) is 17.0. The maximum atomic E-state index is 4.80. The molecule has 3 aromatic heterocycles. The third kappa shape index (κ3) is 4.00. The largest absolute Gasteiger partial charge is 0.309 e. The Balaban J connectivity index is 1.34. The van der Waals surface area contributed by atoms with Gasteiger partial charge in [0.05, 0.1) is 17.3 Å². The summed E-state index contributed by atoms with van der Waals surface area (Å²) in [6.45, 7) is 4.00. The van der Waals surface area contributed by atoms with Crippen molar-refractivity contribution in [3.05, 3.63) is 83.9 Å². The third-order valence-electron chi connectivity index (χ3n) is 5.59. The van der Waals surface area contributed by atoms with Crippen LogP contribution in [-0.2, 0) is 6.54 Å². The Labute approximate surface area is 176 Å². The van der Waals surface area contributed by atoms with E-state index in [-0.39, 0.29) is 0 Å². The van der Waals surface area contributed by atoms with Gasteiger partial charge in [0.15, 0.2) is 0 Å². The molecule has 30 heavy (non-hydrogen) atoms. The van der Waals surface area contributed by atoms with Gasteiger partial charge in [-0.2, -0.15) is 0 Å². The first-order valence-electron chi connectivity index (χ1n) is 10.3. The van der Waals surface area contributed by atoms with Gasteiger partial charge in [-0.3, -0.25) is 9.88 Å². The average molecular weight is 396 g/mol. The number of benzene rings is 1. The lowest BCUT2D eigenvalue weighted by molar-refractivity contribution is 0.244. The second-order valence-corrected chi connectivity index (χ2v) is 7.81. The highest BCUT2D eigenvalue weighted by Crippen LogP contribution is 2.32. The van der Waals surface area contributed by atoms with Crippen LogP contribution in [0.2, 0.25) is 0 Å². The van der Waals surface area contributed by atoms with Crippen LogP contribution in [-0.4, -0.2) is 31.4 Å². The van der Waals surface area contributed by atoms with E-state index in [9.17, 15) is 0 Å². The topological polar surface area (TPSA) is 66.8 Å². The number of fused-ring (bicyclic) bond motifs is 1. The molecule has 1 atom stereocenters. The fourth-order valence-electron chi connectivity index (χ4n) is 4.08. The van der Waals surface area contributed by atoms with Gasteiger partial charge < -0.3 is 5.32 Å². The number of anilines is 2. The number of rotatable bonds is 5. The number of aryl methyl sites for hydroxylation is 1. The third-order valence-corrected chi connectivity index (χ3v) is 5.59. The molecule has 0 unspecified atom stereocenters. The van der Waals surface area contributed by atoms with Crippen molar-refractivity contribution < 1.29 is 0 Å². The number of hydrogen-bond acceptors (Lipinski definition) is 6. The normalized spacial score (nSPS) is 16.8. The summed E-state index contributed by atoms with van der Waals surface area (Å²) in [5, 5.41) is 4.41. The number of aromatic nitrogens is 4. The molecule has 0 saturated carbocycles. The number of pyridine rings is 2. The predicted molar refractivity (Wildman–Crippen MR) is 118 cm³/mol. The van der Waals surface area contributed by atoms with E-state index >= 15 is 0 Å². The van der Waals surface area contributed by atoms with Crippen molar-refractivity contribution in [2.24, 2.45) is 0 Å². The molecule has 1 aromatic carbocycles. The van der Waals surface area contributed by atoms with Crippen molar-refractivity contribution in [3.63, 3.8) is 0 Å². The zero-order chi connectivity index (χ0) is 20.3. The smallest absolute Gasteiger partial charge is 0.228 e. The van der Waals surface area contributed by atoms with Gasteiger partial charge in [-0.05, 0) is 67.8 Å². The van der Waals surface area contributed by atoms with E-state index in [1.54, 1.807) is 0 Å². The van der Waals surface area contributed by atoms with Crippen LogP contribution in [0, 0.1) is 6.92 Å². The van der Waals surface area contributed by atoms with E-state index in [1.165, 1.54) is 17.4 Å². The highest BCUT2D eigenvalue weighted by Gasteiger charge is 2.27. The molecule has 1 aliphatic rings. The van der Waals surface area contributed by atoms with Crippen molar-refractivity contribution in [3.8, 4) is 0 Å². The Kier molecular flexibility index (Phi) is 5.07. The molecule has 4 heterocycles. The Morgan fingerprint density at radius 2 is 2.00 bits per heavy atom. The van der Waals surface area contributed by atoms with Crippen LogP contribution >= 0.6 is 0 Å². The molecule has 150 valence electrons. The standard InChI is InChI=1S/C24H24N6/c1-17-6-9-23(27-15-17)29-24-26-12-10-21(28-24)22-5-3-13-30(22)16-18-7-8-20-19(14-18)4-2-11-25-20/h2,4,6-12,14-15,22H,3,5,13,16H2,1H3,(H,26,27,28,29)/t22-/m0/s1. The molecule has 0 amide bonds. The monoisotopic (exact) mass is 396 g/mol. The van der Waals surface area contributed by atoms with Crippen molar-refractivity contribution in [1.29, 1.82) is 0 Å². The summed E-state index contributed by atoms with van der Waals surface area (Å²) in [5.41, 5.74) is 4.52. The van der Waals surface area contributed by atoms with Crippen LogP contribution in [0.25, 0.3) is 10.9 Å². The summed E-state index contributed by atoms with van der Waals surface area (Å²) in [5.74, 6) is 1.35. The van der Waals surface area contributed by atoms with Crippen LogP contribution < -0.4 is 5.32 Å². The molecule has 0 aliphatic carbocycles. The Bertz CT molecular complexity index is 1160. The van der Waals surface area contributed by atoms with Gasteiger partial charge >= 0.3 is 0 Å². The van der Waals surface area contributed by atoms with Crippen molar-refractivity contribution >= 4 is 22.7 Å². The quantitative estimate of drug-likeness (QED) is 0.522. The fraction of sp³-hybridized carbons (Fsp3) is 0.250. The number of likely N-dealkylation sites (tertiary alicyclic amines) is 1. The van der Waals surface area contributed by atoms with E-state index in [0.29, 0.717) is 12.0 Å². The van der Waals surface area contributed by atoms with Gasteiger partial charge in [0, 0.05) is 30.5 Å². The highest BCUT2D eigenvalue weighted by molar-refractivity contribution is 5.78. The van der Waals surface area contributed by atoms with Gasteiger partial charge in [-0.1, -0.05) is 18.2 Å². The molecule has 4 aromatic rings. The lowest BCUT2D eigenvalue weighted by Gasteiger charge is -2.24. The summed E-state index contributed by atoms with van der Waals surface area (Å²) in [6.07, 6.45) is 7.78. The molecule has 0 radical (unpaired) electrons. The van der Waals surface area contributed by atoms with E-state index < -0.39 is 0 Å². The molecule has 1 saturated heterocycles. The molecule has 0 bridgehead atoms. The van der Waals surface area contributed by atoms with Crippen LogP contribution in [0.4, 0.5) is 11.8 Å². The second-order valence-electron chi connectivity index (χ2n) is 7.81. The molecule has 1 N–H and O–H groups in total. The van der Waals surface area contributed by atoms with Crippen molar-refractivity contribution in [2.75, 3.05) is 11.9 Å². The lowest BCUT2D eigenvalue weighted by atomic mass is 10.1. The molecular formula is C24H24N6. The van der Waals surface area contributed by atoms with Crippen LogP contribution in [0.1, 0.15) is 35.7 Å². The molecule has 6 heteroatoms. The first kappa shape index (κ1) is 18.6. The molecule has 1 aliphatic heterocycles. The van der Waals surface area contributed by atoms with Crippen molar-refractivity contribution in [2.45, 2.75) is 32.4 Å². The van der Waals surface area contributed by atoms with E-state index in [1.807, 2.05) is 49.8 Å². The molecule has 6 nitrogen and oxygen atoms in total. The van der Waals surface area contributed by atoms with Gasteiger partial charge in [-0.15, -0.1) is 0 Å². The van der Waals surface area contributed by atoms with Crippen LogP contribution in [0.5, 0.6) is 0 Å². The molecule has 1 fully saturated rings. The van der Waals surface area contributed by atoms with E-state index in [0.717, 1.165) is 42.1 Å². The minimum absolute atomic E-state index is 0.295. The Hall–Kier alpha value is -3.38. The minimum atomic E-state index is 0.295. The van der Waals surface area contributed by atoms with E-state index in [4.69, 9.17) is 4.98 Å². The highest BCUT2D eigenvalue weighted by atomic mass is 15.2. The number of nitrogens with zero attached hydrogens (tertiary/aromatic N) is 5. The SMILES string of the molecule is Cc1ccc(Nc2nccc([C@@H]3CCCN3Cc3ccc4ncccc4c3)n2)nc1. The average Bonchev–Trinajstić information content (AvgIpc) is 3.24. The van der Waals surface area contributed by atoms with Crippen LogP contribution in [0.15, 0.2) is 67.1 Å². The van der Waals surface area contributed by atoms with Gasteiger partial charge in [0.25, 0.3) is 0 Å². The lowest BCUT2D eigenvalue weighted by Crippen LogP contribution is -2.23. The number of nitrogens with one attached hydrogen (secondary N) is 1. The summed E-state index contributed by atoms with van der Waals surface area (Å²) < 4.78 is 0. The minimum Gasteiger partial charge on any atom is -0.309 e. The first-order valence-corrected chi connectivity index (χ1v) is 10.3. The predicted octanol–water partition coefficient (Wildman–Crippen LogP) is 4.81. The summed E-state index contributed by atoms with van der Waals surface area (Å²) >= 11 is 0. The first-order chi connectivity index (χ1) is 14.7. The second kappa shape index (κ2) is 8.16. The Morgan fingerprint density at radius 3 is 2.90 bits per heavy atom. The van der Waals surface area contributed by atoms with Gasteiger partial charge in [-0.25, -0.2) is 15.0 Å².